The van der Waals surface area contributed by atoms with Crippen LogP contribution in [0.15, 0.2) is 0 Å². The minimum Gasteiger partial charge on any atom is -0.299 e. The molecule has 2 nitrogen and oxygen atoms in total. The van der Waals surface area contributed by atoms with Crippen molar-refractivity contribution in [3.63, 3.8) is 0 Å². The van der Waals surface area contributed by atoms with Gasteiger partial charge in [0.1, 0.15) is 11.6 Å². The topological polar surface area (TPSA) is 34.1 Å². The fraction of sp³-hybridized carbons (Fsp3) is 0.846. The Morgan fingerprint density at radius 3 is 2.07 bits per heavy atom. The second-order valence-electron chi connectivity index (χ2n) is 5.20. The molecule has 0 aromatic rings. The molecule has 0 saturated heterocycles. The lowest BCUT2D eigenvalue weighted by Crippen LogP contribution is -2.22. The summed E-state index contributed by atoms with van der Waals surface area (Å²) in [6, 6.07) is 0. The van der Waals surface area contributed by atoms with E-state index < -0.39 is 0 Å². The number of unbranched alkanes of at least 4 members (excludes halogenated alkanes) is 3. The van der Waals surface area contributed by atoms with Crippen LogP contribution < -0.4 is 0 Å². The van der Waals surface area contributed by atoms with Gasteiger partial charge in [-0.05, 0) is 6.42 Å². The Hall–Kier alpha value is -0.660. The number of carbonyl (C=O) groups is 2. The molecule has 0 N–H and O–H groups in total. The van der Waals surface area contributed by atoms with E-state index >= 15 is 0 Å². The van der Waals surface area contributed by atoms with Gasteiger partial charge in [0.2, 0.25) is 0 Å². The lowest BCUT2D eigenvalue weighted by atomic mass is 9.87. The third-order valence-electron chi connectivity index (χ3n) is 2.50. The van der Waals surface area contributed by atoms with E-state index in [1.165, 1.54) is 12.8 Å². The first-order valence-corrected chi connectivity index (χ1v) is 5.93. The second-order valence-corrected chi connectivity index (χ2v) is 5.20. The molecule has 0 fully saturated rings. The lowest BCUT2D eigenvalue weighted by Gasteiger charge is -2.15. The van der Waals surface area contributed by atoms with Crippen molar-refractivity contribution in [2.75, 3.05) is 0 Å². The van der Waals surface area contributed by atoms with E-state index in [2.05, 4.69) is 6.92 Å². The number of hydrogen-bond donors (Lipinski definition) is 0. The number of ketones is 2. The van der Waals surface area contributed by atoms with Gasteiger partial charge in [0.25, 0.3) is 0 Å². The van der Waals surface area contributed by atoms with Crippen LogP contribution in [0, 0.1) is 5.41 Å². The Balaban J connectivity index is 3.71. The Morgan fingerprint density at radius 2 is 1.60 bits per heavy atom. The summed E-state index contributed by atoms with van der Waals surface area (Å²) in [5.41, 5.74) is -0.376. The van der Waals surface area contributed by atoms with Gasteiger partial charge in [-0.3, -0.25) is 9.59 Å². The highest BCUT2D eigenvalue weighted by Crippen LogP contribution is 2.17. The molecule has 0 bridgehead atoms. The Labute approximate surface area is 93.4 Å². The number of carbonyl (C=O) groups excluding carboxylic acids is 2. The zero-order valence-electron chi connectivity index (χ0n) is 10.6. The zero-order valence-corrected chi connectivity index (χ0v) is 10.6. The lowest BCUT2D eigenvalue weighted by molar-refractivity contribution is -0.131. The van der Waals surface area contributed by atoms with E-state index in [1.54, 1.807) is 0 Å². The Morgan fingerprint density at radius 1 is 1.00 bits per heavy atom. The molecule has 0 radical (unpaired) electrons. The standard InChI is InChI=1S/C13H24O2/c1-5-6-7-8-9-11(14)10-12(15)13(2,3)4/h5-10H2,1-4H3. The molecule has 0 aliphatic heterocycles. The predicted octanol–water partition coefficient (Wildman–Crippen LogP) is 3.53. The summed E-state index contributed by atoms with van der Waals surface area (Å²) in [4.78, 5) is 23.0. The predicted molar refractivity (Wildman–Crippen MR) is 62.8 cm³/mol. The van der Waals surface area contributed by atoms with E-state index in [4.69, 9.17) is 0 Å². The van der Waals surface area contributed by atoms with Crippen LogP contribution in [0.2, 0.25) is 0 Å². The molecule has 0 saturated carbocycles. The first-order valence-electron chi connectivity index (χ1n) is 5.93. The molecular weight excluding hydrogens is 188 g/mol. The van der Waals surface area contributed by atoms with Gasteiger partial charge in [-0.2, -0.15) is 0 Å². The second kappa shape index (κ2) is 6.76. The van der Waals surface area contributed by atoms with Crippen molar-refractivity contribution >= 4 is 11.6 Å². The van der Waals surface area contributed by atoms with E-state index in [-0.39, 0.29) is 23.4 Å². The van der Waals surface area contributed by atoms with Crippen LogP contribution in [-0.4, -0.2) is 11.6 Å². The molecule has 0 atom stereocenters. The van der Waals surface area contributed by atoms with Gasteiger partial charge in [0.05, 0.1) is 6.42 Å². The van der Waals surface area contributed by atoms with E-state index in [0.717, 1.165) is 12.8 Å². The van der Waals surface area contributed by atoms with Crippen LogP contribution in [0.1, 0.15) is 66.2 Å². The summed E-state index contributed by atoms with van der Waals surface area (Å²) < 4.78 is 0. The quantitative estimate of drug-likeness (QED) is 0.478. The highest BCUT2D eigenvalue weighted by Gasteiger charge is 2.22. The van der Waals surface area contributed by atoms with Crippen LogP contribution in [0.3, 0.4) is 0 Å². The molecule has 88 valence electrons. The van der Waals surface area contributed by atoms with Crippen LogP contribution in [-0.2, 0) is 9.59 Å². The number of rotatable bonds is 7. The third kappa shape index (κ3) is 7.29. The smallest absolute Gasteiger partial charge is 0.145 e. The first kappa shape index (κ1) is 14.3. The summed E-state index contributed by atoms with van der Waals surface area (Å²) in [7, 11) is 0. The molecule has 0 amide bonds. The summed E-state index contributed by atoms with van der Waals surface area (Å²) >= 11 is 0. The van der Waals surface area contributed by atoms with Gasteiger partial charge in [-0.15, -0.1) is 0 Å². The number of hydrogen-bond acceptors (Lipinski definition) is 2. The molecule has 0 aliphatic rings. The maximum atomic E-state index is 11.5. The number of Topliss-reactive ketones (excluding diaryl/α,β-unsaturated/α-hetero) is 2. The average molecular weight is 212 g/mol. The summed E-state index contributed by atoms with van der Waals surface area (Å²) in [5.74, 6) is 0.161. The first-order chi connectivity index (χ1) is 6.88. The van der Waals surface area contributed by atoms with Gasteiger partial charge in [0, 0.05) is 11.8 Å². The molecule has 0 aromatic carbocycles. The van der Waals surface area contributed by atoms with Crippen molar-refractivity contribution in [2.24, 2.45) is 5.41 Å². The molecule has 0 unspecified atom stereocenters. The molecule has 0 heterocycles. The van der Waals surface area contributed by atoms with Crippen molar-refractivity contribution in [3.05, 3.63) is 0 Å². The van der Waals surface area contributed by atoms with Crippen LogP contribution in [0.4, 0.5) is 0 Å². The van der Waals surface area contributed by atoms with Crippen molar-refractivity contribution < 1.29 is 9.59 Å². The fourth-order valence-corrected chi connectivity index (χ4v) is 1.28. The van der Waals surface area contributed by atoms with E-state index in [9.17, 15) is 9.59 Å². The maximum Gasteiger partial charge on any atom is 0.145 e. The van der Waals surface area contributed by atoms with Gasteiger partial charge in [0.15, 0.2) is 0 Å². The third-order valence-corrected chi connectivity index (χ3v) is 2.50. The maximum absolute atomic E-state index is 11.5. The highest BCUT2D eigenvalue weighted by molar-refractivity contribution is 6.01. The molecule has 0 aromatic heterocycles. The average Bonchev–Trinajstić information content (AvgIpc) is 2.11. The monoisotopic (exact) mass is 212 g/mol. The van der Waals surface area contributed by atoms with Gasteiger partial charge in [-0.1, -0.05) is 47.0 Å². The van der Waals surface area contributed by atoms with E-state index in [0.29, 0.717) is 6.42 Å². The fourth-order valence-electron chi connectivity index (χ4n) is 1.28. The molecule has 0 spiro atoms. The molecule has 15 heavy (non-hydrogen) atoms. The summed E-state index contributed by atoms with van der Waals surface area (Å²) in [6.07, 6.45) is 5.09. The van der Waals surface area contributed by atoms with Crippen molar-refractivity contribution in [1.82, 2.24) is 0 Å². The van der Waals surface area contributed by atoms with Gasteiger partial charge < -0.3 is 0 Å². The van der Waals surface area contributed by atoms with Crippen LogP contribution in [0.5, 0.6) is 0 Å². The summed E-state index contributed by atoms with van der Waals surface area (Å²) in [5, 5.41) is 0. The van der Waals surface area contributed by atoms with Gasteiger partial charge in [-0.25, -0.2) is 0 Å². The largest absolute Gasteiger partial charge is 0.299 e. The summed E-state index contributed by atoms with van der Waals surface area (Å²) in [6.45, 7) is 7.73. The van der Waals surface area contributed by atoms with Gasteiger partial charge >= 0.3 is 0 Å². The normalized spacial score (nSPS) is 11.5. The molecule has 0 rings (SSSR count). The van der Waals surface area contributed by atoms with Crippen molar-refractivity contribution in [2.45, 2.75) is 66.2 Å². The van der Waals surface area contributed by atoms with Crippen molar-refractivity contribution in [3.8, 4) is 0 Å². The van der Waals surface area contributed by atoms with E-state index in [1.807, 2.05) is 20.8 Å². The zero-order chi connectivity index (χ0) is 11.9. The molecular formula is C13H24O2. The Kier molecular flexibility index (Phi) is 6.46. The van der Waals surface area contributed by atoms with Crippen LogP contribution >= 0.6 is 0 Å². The molecule has 0 aliphatic carbocycles. The van der Waals surface area contributed by atoms with Crippen molar-refractivity contribution in [1.29, 1.82) is 0 Å². The molecule has 2 heteroatoms. The van der Waals surface area contributed by atoms with Crippen LogP contribution in [0.25, 0.3) is 0 Å². The SMILES string of the molecule is CCCCCCC(=O)CC(=O)C(C)(C)C. The minimum atomic E-state index is -0.376. The highest BCUT2D eigenvalue weighted by atomic mass is 16.1. The Bertz CT molecular complexity index is 211. The minimum absolute atomic E-state index is 0.0583.